The molecule has 2 saturated heterocycles. The van der Waals surface area contributed by atoms with Gasteiger partial charge in [-0.15, -0.1) is 0 Å². The summed E-state index contributed by atoms with van der Waals surface area (Å²) in [5.41, 5.74) is 3.05. The Labute approximate surface area is 171 Å². The van der Waals surface area contributed by atoms with Gasteiger partial charge >= 0.3 is 6.09 Å². The van der Waals surface area contributed by atoms with E-state index in [2.05, 4.69) is 5.32 Å². The van der Waals surface area contributed by atoms with E-state index in [-0.39, 0.29) is 24.3 Å². The van der Waals surface area contributed by atoms with Gasteiger partial charge < -0.3 is 14.8 Å². The van der Waals surface area contributed by atoms with Gasteiger partial charge in [-0.1, -0.05) is 24.6 Å². The molecule has 1 aliphatic carbocycles. The summed E-state index contributed by atoms with van der Waals surface area (Å²) in [5, 5.41) is 2.68. The number of ether oxygens (including phenoxy) is 2. The lowest BCUT2D eigenvalue weighted by Gasteiger charge is -2.31. The Balaban J connectivity index is 1.62. The molecule has 5 atom stereocenters. The van der Waals surface area contributed by atoms with Crippen molar-refractivity contribution in [1.29, 1.82) is 0 Å². The highest BCUT2D eigenvalue weighted by atomic mass is 16.6. The summed E-state index contributed by atoms with van der Waals surface area (Å²) in [6.07, 6.45) is 1.41. The maximum atomic E-state index is 13.5. The van der Waals surface area contributed by atoms with E-state index in [1.54, 1.807) is 0 Å². The molecule has 1 aromatic rings. The van der Waals surface area contributed by atoms with Crippen LogP contribution in [0.2, 0.25) is 0 Å². The molecule has 3 aliphatic rings. The maximum Gasteiger partial charge on any atom is 0.407 e. The molecule has 4 rings (SSSR count). The van der Waals surface area contributed by atoms with E-state index in [1.165, 1.54) is 0 Å². The van der Waals surface area contributed by atoms with Crippen LogP contribution in [0, 0.1) is 32.6 Å². The van der Waals surface area contributed by atoms with Crippen molar-refractivity contribution in [2.24, 2.45) is 11.8 Å². The third-order valence-corrected chi connectivity index (χ3v) is 6.76. The van der Waals surface area contributed by atoms with E-state index in [0.717, 1.165) is 35.1 Å². The first-order valence-corrected chi connectivity index (χ1v) is 10.5. The SMILES string of the molecule is CCCNC(=O)OC[C@]12CC[C@H](O1)[C@@H]1C(=O)C(c3c(C)cc(C)cc3C)C(=O)[C@@H]12. The van der Waals surface area contributed by atoms with E-state index in [9.17, 15) is 14.4 Å². The lowest BCUT2D eigenvalue weighted by atomic mass is 9.73. The molecule has 2 heterocycles. The zero-order valence-electron chi connectivity index (χ0n) is 17.5. The van der Waals surface area contributed by atoms with Crippen LogP contribution in [-0.2, 0) is 19.1 Å². The smallest absolute Gasteiger partial charge is 0.407 e. The molecule has 29 heavy (non-hydrogen) atoms. The molecule has 1 amide bonds. The van der Waals surface area contributed by atoms with Crippen molar-refractivity contribution in [2.45, 2.75) is 64.6 Å². The Morgan fingerprint density at radius 1 is 1.21 bits per heavy atom. The van der Waals surface area contributed by atoms with Gasteiger partial charge in [-0.05, 0) is 56.7 Å². The lowest BCUT2D eigenvalue weighted by molar-refractivity contribution is -0.132. The van der Waals surface area contributed by atoms with Crippen LogP contribution in [0.4, 0.5) is 4.79 Å². The first kappa shape index (κ1) is 20.1. The summed E-state index contributed by atoms with van der Waals surface area (Å²) in [6.45, 7) is 8.45. The molecule has 6 heteroatoms. The molecular formula is C23H29NO5. The van der Waals surface area contributed by atoms with Crippen LogP contribution in [0.15, 0.2) is 12.1 Å². The third-order valence-electron chi connectivity index (χ3n) is 6.76. The standard InChI is InChI=1S/C23H29NO5/c1-5-8-24-22(27)28-11-23-7-6-15(29-23)17-19(23)21(26)18(20(17)25)16-13(3)9-12(2)10-14(16)4/h9-10,15,17-19H,5-8,11H2,1-4H3,(H,24,27)/t15-,17-,18?,19+,23-/m0/s1. The van der Waals surface area contributed by atoms with Gasteiger partial charge in [0.15, 0.2) is 11.6 Å². The Morgan fingerprint density at radius 2 is 1.90 bits per heavy atom. The molecule has 0 radical (unpaired) electrons. The number of hydrogen-bond acceptors (Lipinski definition) is 5. The van der Waals surface area contributed by atoms with Crippen LogP contribution < -0.4 is 5.32 Å². The second-order valence-electron chi connectivity index (χ2n) is 8.82. The lowest BCUT2D eigenvalue weighted by Crippen LogP contribution is -2.45. The fourth-order valence-corrected chi connectivity index (χ4v) is 5.72. The van der Waals surface area contributed by atoms with Gasteiger partial charge in [-0.3, -0.25) is 9.59 Å². The van der Waals surface area contributed by atoms with Crippen molar-refractivity contribution in [3.05, 3.63) is 34.4 Å². The number of aryl methyl sites for hydroxylation is 3. The summed E-state index contributed by atoms with van der Waals surface area (Å²) in [7, 11) is 0. The Bertz CT molecular complexity index is 855. The molecule has 1 saturated carbocycles. The second-order valence-corrected chi connectivity index (χ2v) is 8.82. The van der Waals surface area contributed by atoms with Gasteiger partial charge in [0.1, 0.15) is 18.1 Å². The number of ketones is 2. The van der Waals surface area contributed by atoms with Crippen molar-refractivity contribution < 1.29 is 23.9 Å². The normalized spacial score (nSPS) is 32.6. The van der Waals surface area contributed by atoms with E-state index < -0.39 is 29.4 Å². The van der Waals surface area contributed by atoms with Crippen molar-refractivity contribution in [2.75, 3.05) is 13.2 Å². The van der Waals surface area contributed by atoms with Crippen LogP contribution in [0.25, 0.3) is 0 Å². The quantitative estimate of drug-likeness (QED) is 0.769. The third kappa shape index (κ3) is 3.08. The van der Waals surface area contributed by atoms with Gasteiger partial charge in [-0.25, -0.2) is 4.79 Å². The van der Waals surface area contributed by atoms with Crippen molar-refractivity contribution >= 4 is 17.7 Å². The molecule has 3 fully saturated rings. The fourth-order valence-electron chi connectivity index (χ4n) is 5.72. The van der Waals surface area contributed by atoms with Crippen molar-refractivity contribution in [3.8, 4) is 0 Å². The van der Waals surface area contributed by atoms with Crippen LogP contribution in [0.1, 0.15) is 54.4 Å². The molecule has 1 unspecified atom stereocenters. The van der Waals surface area contributed by atoms with Crippen molar-refractivity contribution in [1.82, 2.24) is 5.32 Å². The maximum absolute atomic E-state index is 13.5. The van der Waals surface area contributed by atoms with E-state index in [4.69, 9.17) is 9.47 Å². The van der Waals surface area contributed by atoms with Gasteiger partial charge in [-0.2, -0.15) is 0 Å². The van der Waals surface area contributed by atoms with Gasteiger partial charge in [0, 0.05) is 6.54 Å². The first-order valence-electron chi connectivity index (χ1n) is 10.5. The number of rotatable bonds is 5. The number of carbonyl (C=O) groups excluding carboxylic acids is 3. The minimum atomic E-state index is -0.868. The molecule has 0 spiro atoms. The minimum Gasteiger partial charge on any atom is -0.446 e. The largest absolute Gasteiger partial charge is 0.446 e. The molecule has 2 bridgehead atoms. The Morgan fingerprint density at radius 3 is 2.55 bits per heavy atom. The predicted octanol–water partition coefficient (Wildman–Crippen LogP) is 3.15. The number of hydrogen-bond donors (Lipinski definition) is 1. The average molecular weight is 399 g/mol. The minimum absolute atomic E-state index is 0.0117. The number of alkyl carbamates (subject to hydrolysis) is 1. The second kappa shape index (κ2) is 7.24. The monoisotopic (exact) mass is 399 g/mol. The zero-order valence-corrected chi connectivity index (χ0v) is 17.5. The summed E-state index contributed by atoms with van der Waals surface area (Å²) in [4.78, 5) is 38.9. The first-order chi connectivity index (χ1) is 13.8. The Kier molecular flexibility index (Phi) is 5.01. The van der Waals surface area contributed by atoms with Crippen LogP contribution in [0.3, 0.4) is 0 Å². The zero-order chi connectivity index (χ0) is 20.9. The highest BCUT2D eigenvalue weighted by molar-refractivity contribution is 6.17. The summed E-state index contributed by atoms with van der Waals surface area (Å²) in [5.74, 6) is -1.79. The molecule has 6 nitrogen and oxygen atoms in total. The predicted molar refractivity (Wildman–Crippen MR) is 107 cm³/mol. The van der Waals surface area contributed by atoms with Gasteiger partial charge in [0.2, 0.25) is 0 Å². The van der Waals surface area contributed by atoms with E-state index in [0.29, 0.717) is 13.0 Å². The highest BCUT2D eigenvalue weighted by Gasteiger charge is 2.70. The highest BCUT2D eigenvalue weighted by Crippen LogP contribution is 2.58. The molecule has 1 aromatic carbocycles. The topological polar surface area (TPSA) is 81.7 Å². The van der Waals surface area contributed by atoms with E-state index in [1.807, 2.05) is 39.8 Å². The number of fused-ring (bicyclic) bond motifs is 5. The van der Waals surface area contributed by atoms with Gasteiger partial charge in [0.05, 0.1) is 17.9 Å². The summed E-state index contributed by atoms with van der Waals surface area (Å²) < 4.78 is 11.5. The molecule has 2 aliphatic heterocycles. The van der Waals surface area contributed by atoms with E-state index >= 15 is 0 Å². The molecule has 1 N–H and O–H groups in total. The Hall–Kier alpha value is -2.21. The average Bonchev–Trinajstić information content (AvgIpc) is 3.30. The van der Waals surface area contributed by atoms with Crippen LogP contribution in [0.5, 0.6) is 0 Å². The number of benzene rings is 1. The number of nitrogens with one attached hydrogen (secondary N) is 1. The summed E-state index contributed by atoms with van der Waals surface area (Å²) >= 11 is 0. The molecule has 156 valence electrons. The number of Topliss-reactive ketones (excluding diaryl/α,β-unsaturated/α-hetero) is 2. The molecular weight excluding hydrogens is 370 g/mol. The summed E-state index contributed by atoms with van der Waals surface area (Å²) in [6, 6.07) is 4.05. The van der Waals surface area contributed by atoms with Crippen molar-refractivity contribution in [3.63, 3.8) is 0 Å². The fraction of sp³-hybridized carbons (Fsp3) is 0.609. The van der Waals surface area contributed by atoms with Gasteiger partial charge in [0.25, 0.3) is 0 Å². The molecule has 0 aromatic heterocycles. The van der Waals surface area contributed by atoms with Crippen LogP contribution in [-0.4, -0.2) is 42.5 Å². The van der Waals surface area contributed by atoms with Crippen LogP contribution >= 0.6 is 0 Å². The number of amides is 1. The number of carbonyl (C=O) groups is 3.